The lowest BCUT2D eigenvalue weighted by Gasteiger charge is -2.12. The van der Waals surface area contributed by atoms with Gasteiger partial charge in [-0.25, -0.2) is 0 Å². The van der Waals surface area contributed by atoms with Gasteiger partial charge in [-0.15, -0.1) is 11.3 Å². The van der Waals surface area contributed by atoms with Gasteiger partial charge in [0.25, 0.3) is 0 Å². The first-order valence-corrected chi connectivity index (χ1v) is 8.09. The fourth-order valence-electron chi connectivity index (χ4n) is 2.52. The van der Waals surface area contributed by atoms with Gasteiger partial charge in [0.2, 0.25) is 0 Å². The minimum Gasteiger partial charge on any atom is -0.494 e. The fraction of sp³-hybridized carbons (Fsp3) is 0.222. The second-order valence-corrected chi connectivity index (χ2v) is 5.98. The third kappa shape index (κ3) is 3.09. The topological polar surface area (TPSA) is 35.2 Å². The number of rotatable bonds is 5. The maximum atomic E-state index is 6.37. The Morgan fingerprint density at radius 1 is 1.10 bits per heavy atom. The minimum absolute atomic E-state index is 0.0127. The first-order chi connectivity index (χ1) is 10.3. The predicted octanol–water partition coefficient (Wildman–Crippen LogP) is 4.54. The number of fused-ring (bicyclic) bond motifs is 1. The minimum atomic E-state index is 0.0127. The van der Waals surface area contributed by atoms with Crippen LogP contribution in [0, 0.1) is 0 Å². The summed E-state index contributed by atoms with van der Waals surface area (Å²) >= 11 is 1.78. The van der Waals surface area contributed by atoms with E-state index in [4.69, 9.17) is 10.5 Å². The Hall–Kier alpha value is -1.84. The van der Waals surface area contributed by atoms with E-state index >= 15 is 0 Å². The highest BCUT2D eigenvalue weighted by atomic mass is 32.1. The summed E-state index contributed by atoms with van der Waals surface area (Å²) in [6.07, 6.45) is 0.859. The molecule has 1 aromatic heterocycles. The standard InChI is InChI=1S/C18H19NOS/c1-2-20-15-9-7-13(8-10-15)17(19)11-14-12-21-18-6-4-3-5-16(14)18/h3-10,12,17H,2,11,19H2,1H3. The van der Waals surface area contributed by atoms with Gasteiger partial charge >= 0.3 is 0 Å². The molecule has 2 N–H and O–H groups in total. The van der Waals surface area contributed by atoms with E-state index in [-0.39, 0.29) is 6.04 Å². The third-order valence-corrected chi connectivity index (χ3v) is 4.63. The molecular weight excluding hydrogens is 278 g/mol. The van der Waals surface area contributed by atoms with E-state index in [9.17, 15) is 0 Å². The average Bonchev–Trinajstić information content (AvgIpc) is 2.92. The van der Waals surface area contributed by atoms with Gasteiger partial charge in [-0.3, -0.25) is 0 Å². The zero-order valence-corrected chi connectivity index (χ0v) is 12.9. The van der Waals surface area contributed by atoms with Crippen LogP contribution in [-0.4, -0.2) is 6.61 Å². The van der Waals surface area contributed by atoms with Crippen molar-refractivity contribution >= 4 is 21.4 Å². The lowest BCUT2D eigenvalue weighted by molar-refractivity contribution is 0.340. The van der Waals surface area contributed by atoms with Crippen molar-refractivity contribution in [1.29, 1.82) is 0 Å². The van der Waals surface area contributed by atoms with Crippen molar-refractivity contribution in [1.82, 2.24) is 0 Å². The number of ether oxygens (including phenoxy) is 1. The molecule has 0 fully saturated rings. The van der Waals surface area contributed by atoms with Crippen LogP contribution in [0.5, 0.6) is 5.75 Å². The number of hydrogen-bond acceptors (Lipinski definition) is 3. The fourth-order valence-corrected chi connectivity index (χ4v) is 3.50. The van der Waals surface area contributed by atoms with Crippen LogP contribution in [0.1, 0.15) is 24.1 Å². The molecule has 3 heteroatoms. The molecule has 0 aliphatic rings. The SMILES string of the molecule is CCOc1ccc(C(N)Cc2csc3ccccc23)cc1. The number of thiophene rings is 1. The highest BCUT2D eigenvalue weighted by Crippen LogP contribution is 2.29. The lowest BCUT2D eigenvalue weighted by atomic mass is 9.99. The van der Waals surface area contributed by atoms with Crippen molar-refractivity contribution < 1.29 is 4.74 Å². The maximum Gasteiger partial charge on any atom is 0.119 e. The van der Waals surface area contributed by atoms with Gasteiger partial charge in [-0.2, -0.15) is 0 Å². The summed E-state index contributed by atoms with van der Waals surface area (Å²) in [5.74, 6) is 0.898. The van der Waals surface area contributed by atoms with Gasteiger partial charge in [-0.05, 0) is 53.4 Å². The van der Waals surface area contributed by atoms with E-state index in [1.807, 2.05) is 19.1 Å². The molecule has 2 nitrogen and oxygen atoms in total. The van der Waals surface area contributed by atoms with Gasteiger partial charge in [0.15, 0.2) is 0 Å². The summed E-state index contributed by atoms with van der Waals surface area (Å²) in [6.45, 7) is 2.67. The molecule has 0 radical (unpaired) electrons. The summed E-state index contributed by atoms with van der Waals surface area (Å²) in [6, 6.07) is 16.6. The molecule has 0 spiro atoms. The molecule has 0 saturated carbocycles. The van der Waals surface area contributed by atoms with Crippen LogP contribution in [0.4, 0.5) is 0 Å². The molecule has 0 saturated heterocycles. The third-order valence-electron chi connectivity index (χ3n) is 3.62. The second-order valence-electron chi connectivity index (χ2n) is 5.07. The van der Waals surface area contributed by atoms with Crippen LogP contribution in [0.25, 0.3) is 10.1 Å². The van der Waals surface area contributed by atoms with Crippen LogP contribution in [-0.2, 0) is 6.42 Å². The molecule has 3 rings (SSSR count). The van der Waals surface area contributed by atoms with E-state index < -0.39 is 0 Å². The molecular formula is C18H19NOS. The molecule has 21 heavy (non-hydrogen) atoms. The van der Waals surface area contributed by atoms with Crippen molar-refractivity contribution in [3.05, 3.63) is 65.0 Å². The van der Waals surface area contributed by atoms with Crippen molar-refractivity contribution in [2.75, 3.05) is 6.61 Å². The highest BCUT2D eigenvalue weighted by molar-refractivity contribution is 7.17. The first-order valence-electron chi connectivity index (χ1n) is 7.21. The first kappa shape index (κ1) is 14.1. The lowest BCUT2D eigenvalue weighted by Crippen LogP contribution is -2.13. The molecule has 1 heterocycles. The molecule has 0 aliphatic heterocycles. The molecule has 3 aromatic rings. The monoisotopic (exact) mass is 297 g/mol. The van der Waals surface area contributed by atoms with Gasteiger partial charge < -0.3 is 10.5 Å². The Morgan fingerprint density at radius 2 is 1.86 bits per heavy atom. The maximum absolute atomic E-state index is 6.37. The molecule has 0 amide bonds. The van der Waals surface area contributed by atoms with E-state index in [2.05, 4.69) is 41.8 Å². The van der Waals surface area contributed by atoms with Crippen LogP contribution in [0.15, 0.2) is 53.9 Å². The number of hydrogen-bond donors (Lipinski definition) is 1. The molecule has 1 unspecified atom stereocenters. The molecule has 108 valence electrons. The van der Waals surface area contributed by atoms with Crippen LogP contribution >= 0.6 is 11.3 Å². The summed E-state index contributed by atoms with van der Waals surface area (Å²) in [5.41, 5.74) is 8.84. The normalized spacial score (nSPS) is 12.5. The van der Waals surface area contributed by atoms with Crippen LogP contribution in [0.2, 0.25) is 0 Å². The Labute approximate surface area is 129 Å². The summed E-state index contributed by atoms with van der Waals surface area (Å²) in [4.78, 5) is 0. The smallest absolute Gasteiger partial charge is 0.119 e. The summed E-state index contributed by atoms with van der Waals surface area (Å²) < 4.78 is 6.79. The number of benzene rings is 2. The Bertz CT molecular complexity index is 717. The molecule has 1 atom stereocenters. The van der Waals surface area contributed by atoms with Crippen LogP contribution in [0.3, 0.4) is 0 Å². The molecule has 0 aliphatic carbocycles. The van der Waals surface area contributed by atoms with Gasteiger partial charge in [0, 0.05) is 10.7 Å². The summed E-state index contributed by atoms with van der Waals surface area (Å²) in [5, 5.41) is 3.54. The van der Waals surface area contributed by atoms with E-state index in [0.717, 1.165) is 17.7 Å². The van der Waals surface area contributed by atoms with E-state index in [1.165, 1.54) is 15.6 Å². The quantitative estimate of drug-likeness (QED) is 0.750. The van der Waals surface area contributed by atoms with Crippen LogP contribution < -0.4 is 10.5 Å². The van der Waals surface area contributed by atoms with Crippen molar-refractivity contribution in [2.24, 2.45) is 5.73 Å². The predicted molar refractivity (Wildman–Crippen MR) is 90.1 cm³/mol. The second kappa shape index (κ2) is 6.29. The van der Waals surface area contributed by atoms with Gasteiger partial charge in [0.05, 0.1) is 6.61 Å². The molecule has 0 bridgehead atoms. The molecule has 2 aromatic carbocycles. The zero-order chi connectivity index (χ0) is 14.7. The van der Waals surface area contributed by atoms with Gasteiger partial charge in [-0.1, -0.05) is 30.3 Å². The largest absolute Gasteiger partial charge is 0.494 e. The van der Waals surface area contributed by atoms with E-state index in [0.29, 0.717) is 6.61 Å². The highest BCUT2D eigenvalue weighted by Gasteiger charge is 2.11. The Balaban J connectivity index is 1.77. The zero-order valence-electron chi connectivity index (χ0n) is 12.1. The van der Waals surface area contributed by atoms with Gasteiger partial charge in [0.1, 0.15) is 5.75 Å². The summed E-state index contributed by atoms with van der Waals surface area (Å²) in [7, 11) is 0. The average molecular weight is 297 g/mol. The van der Waals surface area contributed by atoms with E-state index in [1.54, 1.807) is 11.3 Å². The number of nitrogens with two attached hydrogens (primary N) is 1. The van der Waals surface area contributed by atoms with Crippen molar-refractivity contribution in [3.63, 3.8) is 0 Å². The van der Waals surface area contributed by atoms with Crippen molar-refractivity contribution in [3.8, 4) is 5.75 Å². The Morgan fingerprint density at radius 3 is 2.62 bits per heavy atom. The van der Waals surface area contributed by atoms with Crippen molar-refractivity contribution in [2.45, 2.75) is 19.4 Å². The Kier molecular flexibility index (Phi) is 4.23.